The van der Waals surface area contributed by atoms with Gasteiger partial charge in [0.1, 0.15) is 0 Å². The van der Waals surface area contributed by atoms with Crippen LogP contribution < -0.4 is 5.32 Å². The topological polar surface area (TPSA) is 41.6 Å². The summed E-state index contributed by atoms with van der Waals surface area (Å²) in [4.78, 5) is 14.1. The minimum atomic E-state index is -2.48. The number of para-hydroxylation sites is 1. The quantitative estimate of drug-likeness (QED) is 0.847. The van der Waals surface area contributed by atoms with Crippen LogP contribution in [-0.4, -0.2) is 49.4 Å². The molecule has 1 amide bonds. The number of thioether (sulfide) groups is 1. The standard InChI is InChI=1S/C13H16F2N2O2S/c14-13(15)20-11-4-2-1-3-10(11)16-9-12(18)17-5-7-19-8-6-17/h1-4,13,16H,5-9H2. The van der Waals surface area contributed by atoms with E-state index in [1.165, 1.54) is 0 Å². The van der Waals surface area contributed by atoms with E-state index in [2.05, 4.69) is 5.32 Å². The van der Waals surface area contributed by atoms with Crippen LogP contribution in [0, 0.1) is 0 Å². The van der Waals surface area contributed by atoms with Crippen molar-refractivity contribution in [3.8, 4) is 0 Å². The zero-order valence-corrected chi connectivity index (χ0v) is 11.7. The van der Waals surface area contributed by atoms with Gasteiger partial charge in [0.2, 0.25) is 5.91 Å². The summed E-state index contributed by atoms with van der Waals surface area (Å²) in [5.41, 5.74) is 0.555. The van der Waals surface area contributed by atoms with Gasteiger partial charge in [-0.05, 0) is 12.1 Å². The van der Waals surface area contributed by atoms with Gasteiger partial charge in [0.05, 0.1) is 19.8 Å². The third-order valence-corrected chi connectivity index (χ3v) is 3.69. The van der Waals surface area contributed by atoms with Crippen LogP contribution >= 0.6 is 11.8 Å². The molecule has 20 heavy (non-hydrogen) atoms. The van der Waals surface area contributed by atoms with Crippen molar-refractivity contribution in [1.82, 2.24) is 4.90 Å². The molecule has 1 aromatic carbocycles. The van der Waals surface area contributed by atoms with Crippen molar-refractivity contribution in [2.75, 3.05) is 38.2 Å². The Morgan fingerprint density at radius 1 is 1.35 bits per heavy atom. The number of nitrogens with one attached hydrogen (secondary N) is 1. The molecule has 0 spiro atoms. The second-order valence-corrected chi connectivity index (χ2v) is 5.25. The Morgan fingerprint density at radius 3 is 2.75 bits per heavy atom. The predicted molar refractivity (Wildman–Crippen MR) is 74.2 cm³/mol. The average Bonchev–Trinajstić information content (AvgIpc) is 2.46. The Kier molecular flexibility index (Phi) is 5.60. The van der Waals surface area contributed by atoms with Gasteiger partial charge in [-0.15, -0.1) is 0 Å². The Morgan fingerprint density at radius 2 is 2.05 bits per heavy atom. The zero-order valence-electron chi connectivity index (χ0n) is 10.9. The molecule has 0 aliphatic carbocycles. The van der Waals surface area contributed by atoms with E-state index in [9.17, 15) is 13.6 Å². The molecule has 0 unspecified atom stereocenters. The van der Waals surface area contributed by atoms with Crippen molar-refractivity contribution in [3.05, 3.63) is 24.3 Å². The summed E-state index contributed by atoms with van der Waals surface area (Å²) < 4.78 is 30.0. The molecule has 0 radical (unpaired) electrons. The number of alkyl halides is 2. The number of ether oxygens (including phenoxy) is 1. The van der Waals surface area contributed by atoms with E-state index in [0.717, 1.165) is 0 Å². The summed E-state index contributed by atoms with van der Waals surface area (Å²) >= 11 is 0.472. The van der Waals surface area contributed by atoms with Gasteiger partial charge in [0.15, 0.2) is 0 Å². The van der Waals surface area contributed by atoms with E-state index in [-0.39, 0.29) is 12.5 Å². The van der Waals surface area contributed by atoms with Gasteiger partial charge in [-0.25, -0.2) is 0 Å². The van der Waals surface area contributed by atoms with Gasteiger partial charge in [-0.2, -0.15) is 8.78 Å². The predicted octanol–water partition coefficient (Wildman–Crippen LogP) is 2.27. The highest BCUT2D eigenvalue weighted by Crippen LogP contribution is 2.31. The third-order valence-electron chi connectivity index (χ3n) is 2.90. The van der Waals surface area contributed by atoms with E-state index in [0.29, 0.717) is 48.6 Å². The first kappa shape index (κ1) is 15.1. The van der Waals surface area contributed by atoms with Crippen molar-refractivity contribution in [2.45, 2.75) is 10.7 Å². The molecule has 1 aromatic rings. The SMILES string of the molecule is O=C(CNc1ccccc1SC(F)F)N1CCOCC1. The number of carbonyl (C=O) groups excluding carboxylic acids is 1. The second-order valence-electron chi connectivity index (χ2n) is 4.22. The van der Waals surface area contributed by atoms with Crippen molar-refractivity contribution in [1.29, 1.82) is 0 Å². The number of amides is 1. The van der Waals surface area contributed by atoms with E-state index < -0.39 is 5.76 Å². The lowest BCUT2D eigenvalue weighted by Gasteiger charge is -2.27. The van der Waals surface area contributed by atoms with Crippen molar-refractivity contribution < 1.29 is 18.3 Å². The molecule has 1 aliphatic rings. The van der Waals surface area contributed by atoms with Crippen LogP contribution in [0.5, 0.6) is 0 Å². The monoisotopic (exact) mass is 302 g/mol. The molecule has 1 aliphatic heterocycles. The highest BCUT2D eigenvalue weighted by Gasteiger charge is 2.17. The van der Waals surface area contributed by atoms with Gasteiger partial charge in [0, 0.05) is 23.7 Å². The maximum atomic E-state index is 12.4. The fourth-order valence-corrected chi connectivity index (χ4v) is 2.52. The first-order valence-corrected chi connectivity index (χ1v) is 7.18. The summed E-state index contributed by atoms with van der Waals surface area (Å²) in [6.45, 7) is 2.34. The van der Waals surface area contributed by atoms with Crippen LogP contribution in [0.15, 0.2) is 29.2 Å². The van der Waals surface area contributed by atoms with Crippen LogP contribution in [0.1, 0.15) is 0 Å². The van der Waals surface area contributed by atoms with E-state index in [1.807, 2.05) is 0 Å². The Labute approximate surface area is 120 Å². The first-order chi connectivity index (χ1) is 9.66. The summed E-state index contributed by atoms with van der Waals surface area (Å²) in [5, 5.41) is 2.93. The zero-order chi connectivity index (χ0) is 14.4. The van der Waals surface area contributed by atoms with Gasteiger partial charge in [-0.3, -0.25) is 4.79 Å². The van der Waals surface area contributed by atoms with Crippen molar-refractivity contribution in [2.24, 2.45) is 0 Å². The summed E-state index contributed by atoms with van der Waals surface area (Å²) in [6, 6.07) is 6.74. The van der Waals surface area contributed by atoms with Gasteiger partial charge >= 0.3 is 0 Å². The molecule has 7 heteroatoms. The Bertz CT molecular complexity index is 454. The van der Waals surface area contributed by atoms with Gasteiger partial charge in [-0.1, -0.05) is 23.9 Å². The lowest BCUT2D eigenvalue weighted by Crippen LogP contribution is -2.43. The largest absolute Gasteiger partial charge is 0.378 e. The summed E-state index contributed by atoms with van der Waals surface area (Å²) in [6.07, 6.45) is 0. The number of hydrogen-bond acceptors (Lipinski definition) is 4. The normalized spacial score (nSPS) is 15.4. The highest BCUT2D eigenvalue weighted by molar-refractivity contribution is 7.99. The molecular formula is C13H16F2N2O2S. The fraction of sp³-hybridized carbons (Fsp3) is 0.462. The molecule has 0 bridgehead atoms. The van der Waals surface area contributed by atoms with Crippen LogP contribution in [0.4, 0.5) is 14.5 Å². The number of benzene rings is 1. The van der Waals surface area contributed by atoms with Crippen molar-refractivity contribution in [3.63, 3.8) is 0 Å². The molecule has 0 aromatic heterocycles. The maximum Gasteiger partial charge on any atom is 0.288 e. The minimum absolute atomic E-state index is 0.0508. The molecule has 0 saturated carbocycles. The van der Waals surface area contributed by atoms with Crippen LogP contribution in [-0.2, 0) is 9.53 Å². The number of rotatable bonds is 5. The summed E-state index contributed by atoms with van der Waals surface area (Å²) in [7, 11) is 0. The number of morpholine rings is 1. The number of halogens is 2. The number of carbonyl (C=O) groups is 1. The number of anilines is 1. The molecule has 1 fully saturated rings. The molecule has 1 saturated heterocycles. The Hall–Kier alpha value is -1.34. The highest BCUT2D eigenvalue weighted by atomic mass is 32.2. The first-order valence-electron chi connectivity index (χ1n) is 6.30. The van der Waals surface area contributed by atoms with E-state index >= 15 is 0 Å². The molecule has 0 atom stereocenters. The molecule has 4 nitrogen and oxygen atoms in total. The molecule has 2 rings (SSSR count). The molecular weight excluding hydrogens is 286 g/mol. The van der Waals surface area contributed by atoms with Gasteiger partial charge in [0.25, 0.3) is 5.76 Å². The van der Waals surface area contributed by atoms with Crippen LogP contribution in [0.2, 0.25) is 0 Å². The van der Waals surface area contributed by atoms with Crippen LogP contribution in [0.3, 0.4) is 0 Å². The molecule has 1 heterocycles. The third kappa shape index (κ3) is 4.35. The maximum absolute atomic E-state index is 12.4. The molecule has 1 N–H and O–H groups in total. The van der Waals surface area contributed by atoms with Crippen molar-refractivity contribution >= 4 is 23.4 Å². The van der Waals surface area contributed by atoms with E-state index in [4.69, 9.17) is 4.74 Å². The smallest absolute Gasteiger partial charge is 0.288 e. The van der Waals surface area contributed by atoms with Gasteiger partial charge < -0.3 is 15.0 Å². The Balaban J connectivity index is 1.91. The lowest BCUT2D eigenvalue weighted by atomic mass is 10.3. The van der Waals surface area contributed by atoms with E-state index in [1.54, 1.807) is 29.2 Å². The number of nitrogens with zero attached hydrogens (tertiary/aromatic N) is 1. The number of hydrogen-bond donors (Lipinski definition) is 1. The second kappa shape index (κ2) is 7.44. The van der Waals surface area contributed by atoms with Crippen LogP contribution in [0.25, 0.3) is 0 Å². The lowest BCUT2D eigenvalue weighted by molar-refractivity contribution is -0.133. The fourth-order valence-electron chi connectivity index (χ4n) is 1.91. The molecule has 110 valence electrons. The average molecular weight is 302 g/mol. The minimum Gasteiger partial charge on any atom is -0.378 e. The summed E-state index contributed by atoms with van der Waals surface area (Å²) in [5.74, 6) is -2.53.